The van der Waals surface area contributed by atoms with E-state index in [-0.39, 0.29) is 0 Å². The minimum absolute atomic E-state index is 0.349. The Balaban J connectivity index is 1.86. The molecule has 0 amide bonds. The van der Waals surface area contributed by atoms with Crippen LogP contribution in [0.25, 0.3) is 11.5 Å². The van der Waals surface area contributed by atoms with Crippen molar-refractivity contribution in [1.29, 1.82) is 0 Å². The van der Waals surface area contributed by atoms with Crippen LogP contribution >= 0.6 is 11.6 Å². The second kappa shape index (κ2) is 6.07. The third-order valence-electron chi connectivity index (χ3n) is 2.44. The molecule has 5 heteroatoms. The molecule has 0 spiro atoms. The first-order chi connectivity index (χ1) is 8.65. The molecule has 4 nitrogen and oxygen atoms in total. The highest BCUT2D eigenvalue weighted by molar-refractivity contribution is 6.28. The average molecular weight is 269 g/mol. The number of halogens is 1. The monoisotopic (exact) mass is 268 g/mol. The minimum atomic E-state index is 0.349. The first-order valence-corrected chi connectivity index (χ1v) is 6.44. The number of nitrogens with zero attached hydrogens (tertiary/aromatic N) is 1. The van der Waals surface area contributed by atoms with Crippen molar-refractivity contribution in [2.24, 2.45) is 5.92 Å². The summed E-state index contributed by atoms with van der Waals surface area (Å²) in [5, 5.41) is 3.69. The van der Waals surface area contributed by atoms with Gasteiger partial charge in [0.05, 0.1) is 6.20 Å². The van der Waals surface area contributed by atoms with Crippen LogP contribution in [0, 0.1) is 5.92 Å². The summed E-state index contributed by atoms with van der Waals surface area (Å²) in [7, 11) is 0. The molecular weight excluding hydrogens is 252 g/mol. The second-order valence-electron chi connectivity index (χ2n) is 4.57. The zero-order chi connectivity index (χ0) is 13.0. The van der Waals surface area contributed by atoms with E-state index in [2.05, 4.69) is 24.1 Å². The van der Waals surface area contributed by atoms with E-state index < -0.39 is 0 Å². The molecule has 0 bridgehead atoms. The maximum absolute atomic E-state index is 5.71. The first kappa shape index (κ1) is 13.2. The van der Waals surface area contributed by atoms with Gasteiger partial charge in [-0.2, -0.15) is 0 Å². The fraction of sp³-hybridized carbons (Fsp3) is 0.462. The standard InChI is InChI=1S/C13H17ClN2O2/c1-9(2)7-15-6-5-13-16-8-11(18-13)10-3-4-12(14)17-10/h3-4,8-9,15H,5-7H2,1-2H3. The van der Waals surface area contributed by atoms with Gasteiger partial charge < -0.3 is 14.2 Å². The number of hydrogen-bond acceptors (Lipinski definition) is 4. The van der Waals surface area contributed by atoms with E-state index in [1.54, 1.807) is 18.3 Å². The van der Waals surface area contributed by atoms with Gasteiger partial charge in [-0.15, -0.1) is 0 Å². The zero-order valence-corrected chi connectivity index (χ0v) is 11.3. The van der Waals surface area contributed by atoms with Crippen molar-refractivity contribution in [1.82, 2.24) is 10.3 Å². The Morgan fingerprint density at radius 2 is 2.11 bits per heavy atom. The van der Waals surface area contributed by atoms with Crippen LogP contribution in [0.4, 0.5) is 0 Å². The molecule has 0 unspecified atom stereocenters. The molecule has 98 valence electrons. The van der Waals surface area contributed by atoms with Gasteiger partial charge >= 0.3 is 0 Å². The van der Waals surface area contributed by atoms with Crippen LogP contribution in [0.3, 0.4) is 0 Å². The Bertz CT molecular complexity index is 491. The number of hydrogen-bond donors (Lipinski definition) is 1. The molecule has 2 rings (SSSR count). The van der Waals surface area contributed by atoms with Crippen molar-refractivity contribution in [3.8, 4) is 11.5 Å². The smallest absolute Gasteiger partial charge is 0.196 e. The summed E-state index contributed by atoms with van der Waals surface area (Å²) in [6.45, 7) is 6.21. The van der Waals surface area contributed by atoms with Gasteiger partial charge in [0.1, 0.15) is 0 Å². The lowest BCUT2D eigenvalue weighted by Gasteiger charge is -2.05. The van der Waals surface area contributed by atoms with Crippen LogP contribution in [0.15, 0.2) is 27.2 Å². The van der Waals surface area contributed by atoms with Crippen molar-refractivity contribution in [3.05, 3.63) is 29.4 Å². The van der Waals surface area contributed by atoms with Gasteiger partial charge in [-0.05, 0) is 36.2 Å². The molecule has 0 aliphatic heterocycles. The molecule has 0 aliphatic rings. The molecule has 0 atom stereocenters. The fourth-order valence-electron chi connectivity index (χ4n) is 1.57. The Morgan fingerprint density at radius 3 is 2.78 bits per heavy atom. The Labute approximate surface area is 111 Å². The number of aromatic nitrogens is 1. The summed E-state index contributed by atoms with van der Waals surface area (Å²) in [5.41, 5.74) is 0. The van der Waals surface area contributed by atoms with Crippen molar-refractivity contribution in [2.45, 2.75) is 20.3 Å². The predicted molar refractivity (Wildman–Crippen MR) is 70.6 cm³/mol. The third-order valence-corrected chi connectivity index (χ3v) is 2.64. The fourth-order valence-corrected chi connectivity index (χ4v) is 1.72. The average Bonchev–Trinajstić information content (AvgIpc) is 2.93. The number of rotatable bonds is 6. The molecular formula is C13H17ClN2O2. The van der Waals surface area contributed by atoms with E-state index in [4.69, 9.17) is 20.4 Å². The molecule has 0 aromatic carbocycles. The first-order valence-electron chi connectivity index (χ1n) is 6.06. The molecule has 2 aromatic heterocycles. The highest BCUT2D eigenvalue weighted by Crippen LogP contribution is 2.25. The summed E-state index contributed by atoms with van der Waals surface area (Å²) in [6, 6.07) is 3.45. The van der Waals surface area contributed by atoms with Gasteiger partial charge in [-0.1, -0.05) is 13.8 Å². The van der Waals surface area contributed by atoms with Crippen LogP contribution < -0.4 is 5.32 Å². The lowest BCUT2D eigenvalue weighted by Crippen LogP contribution is -2.22. The minimum Gasteiger partial charge on any atom is -0.441 e. The molecule has 0 saturated carbocycles. The van der Waals surface area contributed by atoms with Gasteiger partial charge in [0.25, 0.3) is 0 Å². The summed E-state index contributed by atoms with van der Waals surface area (Å²) >= 11 is 5.71. The van der Waals surface area contributed by atoms with Gasteiger partial charge in [-0.25, -0.2) is 4.98 Å². The highest BCUT2D eigenvalue weighted by atomic mass is 35.5. The normalized spacial score (nSPS) is 11.3. The lowest BCUT2D eigenvalue weighted by molar-refractivity contribution is 0.468. The Morgan fingerprint density at radius 1 is 1.28 bits per heavy atom. The molecule has 0 saturated heterocycles. The number of furan rings is 1. The lowest BCUT2D eigenvalue weighted by atomic mass is 10.2. The van der Waals surface area contributed by atoms with Crippen LogP contribution in [-0.2, 0) is 6.42 Å². The van der Waals surface area contributed by atoms with Crippen molar-refractivity contribution in [2.75, 3.05) is 13.1 Å². The number of nitrogens with one attached hydrogen (secondary N) is 1. The molecule has 2 aromatic rings. The summed E-state index contributed by atoms with van der Waals surface area (Å²) in [6.07, 6.45) is 2.42. The molecule has 2 heterocycles. The van der Waals surface area contributed by atoms with Crippen molar-refractivity contribution >= 4 is 11.6 Å². The Kier molecular flexibility index (Phi) is 4.44. The van der Waals surface area contributed by atoms with Crippen LogP contribution in [0.2, 0.25) is 5.22 Å². The SMILES string of the molecule is CC(C)CNCCc1ncc(-c2ccc(Cl)o2)o1. The van der Waals surface area contributed by atoms with Gasteiger partial charge in [-0.3, -0.25) is 0 Å². The molecule has 0 radical (unpaired) electrons. The summed E-state index contributed by atoms with van der Waals surface area (Å²) in [5.74, 6) is 2.57. The summed E-state index contributed by atoms with van der Waals surface area (Å²) < 4.78 is 10.8. The molecule has 0 aliphatic carbocycles. The molecule has 18 heavy (non-hydrogen) atoms. The third kappa shape index (κ3) is 3.62. The van der Waals surface area contributed by atoms with E-state index in [1.165, 1.54) is 0 Å². The predicted octanol–water partition coefficient (Wildman–Crippen LogP) is 3.38. The van der Waals surface area contributed by atoms with E-state index in [1.807, 2.05) is 0 Å². The van der Waals surface area contributed by atoms with E-state index in [0.717, 1.165) is 19.5 Å². The van der Waals surface area contributed by atoms with Crippen LogP contribution in [0.5, 0.6) is 0 Å². The van der Waals surface area contributed by atoms with Crippen LogP contribution in [-0.4, -0.2) is 18.1 Å². The maximum Gasteiger partial charge on any atom is 0.196 e. The molecule has 1 N–H and O–H groups in total. The Hall–Kier alpha value is -1.26. The van der Waals surface area contributed by atoms with Gasteiger partial charge in [0.15, 0.2) is 22.6 Å². The van der Waals surface area contributed by atoms with Crippen molar-refractivity contribution < 1.29 is 8.83 Å². The maximum atomic E-state index is 5.71. The topological polar surface area (TPSA) is 51.2 Å². The largest absolute Gasteiger partial charge is 0.441 e. The summed E-state index contributed by atoms with van der Waals surface area (Å²) in [4.78, 5) is 4.21. The van der Waals surface area contributed by atoms with E-state index >= 15 is 0 Å². The van der Waals surface area contributed by atoms with E-state index in [9.17, 15) is 0 Å². The van der Waals surface area contributed by atoms with Crippen molar-refractivity contribution in [3.63, 3.8) is 0 Å². The second-order valence-corrected chi connectivity index (χ2v) is 4.94. The van der Waals surface area contributed by atoms with Gasteiger partial charge in [0.2, 0.25) is 0 Å². The molecule has 0 fully saturated rings. The van der Waals surface area contributed by atoms with Gasteiger partial charge in [0, 0.05) is 13.0 Å². The quantitative estimate of drug-likeness (QED) is 0.816. The highest BCUT2D eigenvalue weighted by Gasteiger charge is 2.09. The number of oxazole rings is 1. The van der Waals surface area contributed by atoms with Crippen LogP contribution in [0.1, 0.15) is 19.7 Å². The zero-order valence-electron chi connectivity index (χ0n) is 10.6. The van der Waals surface area contributed by atoms with E-state index in [0.29, 0.717) is 28.5 Å².